The summed E-state index contributed by atoms with van der Waals surface area (Å²) in [6, 6.07) is -0.700. The van der Waals surface area contributed by atoms with Crippen molar-refractivity contribution in [2.24, 2.45) is 0 Å². The highest BCUT2D eigenvalue weighted by Crippen LogP contribution is 2.19. The molecular formula is C55H103NO5. The van der Waals surface area contributed by atoms with Gasteiger partial charge >= 0.3 is 5.97 Å². The molecule has 3 N–H and O–H groups in total. The Kier molecular flexibility index (Phi) is 47.6. The highest BCUT2D eigenvalue weighted by Gasteiger charge is 2.24. The molecule has 1 amide bonds. The molecule has 61 heavy (non-hydrogen) atoms. The molecule has 0 saturated heterocycles. The second kappa shape index (κ2) is 49.1. The van der Waals surface area contributed by atoms with E-state index < -0.39 is 18.2 Å². The molecule has 0 saturated carbocycles. The highest BCUT2D eigenvalue weighted by molar-refractivity contribution is 5.77. The van der Waals surface area contributed by atoms with Crippen LogP contribution in [0, 0.1) is 0 Å². The second-order valence-corrected chi connectivity index (χ2v) is 18.3. The average Bonchev–Trinajstić information content (AvgIpc) is 3.25. The quantitative estimate of drug-likeness (QED) is 0.0322. The van der Waals surface area contributed by atoms with E-state index in [2.05, 4.69) is 62.5 Å². The van der Waals surface area contributed by atoms with Gasteiger partial charge in [-0.05, 0) is 44.9 Å². The van der Waals surface area contributed by atoms with Gasteiger partial charge in [0.05, 0.1) is 25.2 Å². The van der Waals surface area contributed by atoms with E-state index in [1.165, 1.54) is 173 Å². The van der Waals surface area contributed by atoms with Gasteiger partial charge in [0.1, 0.15) is 6.10 Å². The Bertz CT molecular complexity index is 1010. The second-order valence-electron chi connectivity index (χ2n) is 18.3. The number of hydrogen-bond acceptors (Lipinski definition) is 5. The summed E-state index contributed by atoms with van der Waals surface area (Å²) in [6.07, 6.45) is 57.7. The number of carbonyl (C=O) groups excluding carboxylic acids is 2. The van der Waals surface area contributed by atoms with Crippen LogP contribution in [-0.2, 0) is 14.3 Å². The summed E-state index contributed by atoms with van der Waals surface area (Å²) >= 11 is 0. The molecular weight excluding hydrogens is 755 g/mol. The lowest BCUT2D eigenvalue weighted by molar-refractivity contribution is -0.151. The van der Waals surface area contributed by atoms with Gasteiger partial charge in [-0.1, -0.05) is 256 Å². The Morgan fingerprint density at radius 3 is 1.33 bits per heavy atom. The van der Waals surface area contributed by atoms with Gasteiger partial charge in [0.25, 0.3) is 0 Å². The fourth-order valence-electron chi connectivity index (χ4n) is 8.26. The van der Waals surface area contributed by atoms with Crippen molar-refractivity contribution >= 4 is 11.9 Å². The molecule has 0 bridgehead atoms. The minimum atomic E-state index is -0.786. The molecule has 0 aliphatic carbocycles. The van der Waals surface area contributed by atoms with Gasteiger partial charge in [-0.3, -0.25) is 9.59 Å². The van der Waals surface area contributed by atoms with E-state index in [0.29, 0.717) is 19.3 Å². The number of allylic oxidation sites excluding steroid dienone is 6. The smallest absolute Gasteiger partial charge is 0.306 e. The first-order valence-corrected chi connectivity index (χ1v) is 26.7. The van der Waals surface area contributed by atoms with Gasteiger partial charge in [0, 0.05) is 6.42 Å². The lowest BCUT2D eigenvalue weighted by atomic mass is 10.0. The molecule has 0 heterocycles. The van der Waals surface area contributed by atoms with Crippen molar-refractivity contribution in [2.75, 3.05) is 6.61 Å². The van der Waals surface area contributed by atoms with Crippen molar-refractivity contribution in [1.82, 2.24) is 5.32 Å². The number of amides is 1. The average molecular weight is 858 g/mol. The van der Waals surface area contributed by atoms with Crippen molar-refractivity contribution in [2.45, 2.75) is 296 Å². The zero-order chi connectivity index (χ0) is 44.5. The van der Waals surface area contributed by atoms with Crippen LogP contribution < -0.4 is 5.32 Å². The van der Waals surface area contributed by atoms with E-state index in [9.17, 15) is 19.8 Å². The molecule has 0 radical (unpaired) electrons. The molecule has 0 aliphatic heterocycles. The first-order chi connectivity index (χ1) is 30.0. The zero-order valence-corrected chi connectivity index (χ0v) is 40.8. The van der Waals surface area contributed by atoms with Gasteiger partial charge < -0.3 is 20.3 Å². The fourth-order valence-corrected chi connectivity index (χ4v) is 8.26. The van der Waals surface area contributed by atoms with Crippen molar-refractivity contribution < 1.29 is 24.5 Å². The van der Waals surface area contributed by atoms with Crippen LogP contribution in [0.2, 0.25) is 0 Å². The van der Waals surface area contributed by atoms with Crippen LogP contribution in [0.4, 0.5) is 0 Å². The number of rotatable bonds is 48. The van der Waals surface area contributed by atoms with E-state index >= 15 is 0 Å². The molecule has 0 rings (SSSR count). The lowest BCUT2D eigenvalue weighted by Crippen LogP contribution is -2.46. The van der Waals surface area contributed by atoms with Gasteiger partial charge in [0.15, 0.2) is 0 Å². The summed E-state index contributed by atoms with van der Waals surface area (Å²) in [5.41, 5.74) is 0. The van der Waals surface area contributed by atoms with E-state index in [-0.39, 0.29) is 24.9 Å². The zero-order valence-electron chi connectivity index (χ0n) is 40.8. The first-order valence-electron chi connectivity index (χ1n) is 26.7. The van der Waals surface area contributed by atoms with E-state index in [0.717, 1.165) is 57.8 Å². The Morgan fingerprint density at radius 2 is 0.885 bits per heavy atom. The number of esters is 1. The predicted molar refractivity (Wildman–Crippen MR) is 264 cm³/mol. The third kappa shape index (κ3) is 44.5. The van der Waals surface area contributed by atoms with Gasteiger partial charge in [0.2, 0.25) is 5.91 Å². The molecule has 0 spiro atoms. The van der Waals surface area contributed by atoms with Crippen molar-refractivity contribution in [3.05, 3.63) is 36.5 Å². The van der Waals surface area contributed by atoms with Crippen molar-refractivity contribution in [1.29, 1.82) is 0 Å². The topological polar surface area (TPSA) is 95.9 Å². The van der Waals surface area contributed by atoms with Crippen LogP contribution >= 0.6 is 0 Å². The van der Waals surface area contributed by atoms with Crippen molar-refractivity contribution in [3.63, 3.8) is 0 Å². The summed E-state index contributed by atoms with van der Waals surface area (Å²) in [7, 11) is 0. The maximum Gasteiger partial charge on any atom is 0.306 e. The van der Waals surface area contributed by atoms with E-state index in [1.54, 1.807) is 0 Å². The molecule has 358 valence electrons. The number of nitrogens with one attached hydrogen (secondary N) is 1. The molecule has 0 fully saturated rings. The van der Waals surface area contributed by atoms with Crippen LogP contribution in [0.1, 0.15) is 278 Å². The van der Waals surface area contributed by atoms with Crippen LogP contribution in [0.25, 0.3) is 0 Å². The monoisotopic (exact) mass is 858 g/mol. The highest BCUT2D eigenvalue weighted by atomic mass is 16.5. The predicted octanol–water partition coefficient (Wildman–Crippen LogP) is 16.1. The maximum atomic E-state index is 13.2. The summed E-state index contributed by atoms with van der Waals surface area (Å²) in [6.45, 7) is 6.37. The lowest BCUT2D eigenvalue weighted by Gasteiger charge is -2.24. The normalized spacial score (nSPS) is 13.5. The number of aliphatic hydroxyl groups excluding tert-OH is 2. The number of carbonyl (C=O) groups is 2. The van der Waals surface area contributed by atoms with Crippen LogP contribution in [0.15, 0.2) is 36.5 Å². The number of hydrogen-bond donors (Lipinski definition) is 3. The largest absolute Gasteiger partial charge is 0.462 e. The summed E-state index contributed by atoms with van der Waals surface area (Å²) in [5, 5.41) is 23.8. The van der Waals surface area contributed by atoms with Crippen LogP contribution in [0.3, 0.4) is 0 Å². The molecule has 0 aliphatic rings. The van der Waals surface area contributed by atoms with Gasteiger partial charge in [-0.2, -0.15) is 0 Å². The molecule has 0 aromatic rings. The minimum absolute atomic E-state index is 0.0769. The maximum absolute atomic E-state index is 13.2. The van der Waals surface area contributed by atoms with Gasteiger partial charge in [-0.25, -0.2) is 0 Å². The Balaban J connectivity index is 4.56. The molecule has 6 nitrogen and oxygen atoms in total. The SMILES string of the molecule is CC/C=C/C=C/C=C/CCCCCCCCCC(=O)OC(CCCCCCCCCCCCCCCCC)CC(=O)NC(CO)C(O)CCCCCCCCCCCCCC. The molecule has 6 heteroatoms. The Labute approximate surface area is 379 Å². The number of ether oxygens (including phenoxy) is 1. The summed E-state index contributed by atoms with van der Waals surface area (Å²) in [4.78, 5) is 26.2. The summed E-state index contributed by atoms with van der Waals surface area (Å²) < 4.78 is 5.94. The molecule has 0 aromatic heterocycles. The molecule has 3 atom stereocenters. The minimum Gasteiger partial charge on any atom is -0.462 e. The van der Waals surface area contributed by atoms with E-state index in [1.807, 2.05) is 0 Å². The molecule has 0 aromatic carbocycles. The number of unbranched alkanes of at least 4 members (excludes halogenated alkanes) is 32. The number of aliphatic hydroxyl groups is 2. The van der Waals surface area contributed by atoms with Crippen molar-refractivity contribution in [3.8, 4) is 0 Å². The van der Waals surface area contributed by atoms with Crippen LogP contribution in [0.5, 0.6) is 0 Å². The standard InChI is InChI=1S/C55H103NO5/c1-4-7-10-13-16-19-22-25-27-29-31-34-37-40-43-46-51(61-55(60)48-45-42-39-36-33-30-28-26-23-20-17-14-11-8-5-2)49-54(59)56-52(50-57)53(58)47-44-41-38-35-32-24-21-18-15-12-9-6-3/h8,11,14,17,20,23,51-53,57-58H,4-7,9-10,12-13,15-16,18-19,21-22,24-50H2,1-3H3,(H,56,59)/b11-8+,17-14+,23-20+. The summed E-state index contributed by atoms with van der Waals surface area (Å²) in [5.74, 6) is -0.474. The third-order valence-corrected chi connectivity index (χ3v) is 12.3. The van der Waals surface area contributed by atoms with Crippen LogP contribution in [-0.4, -0.2) is 46.9 Å². The third-order valence-electron chi connectivity index (χ3n) is 12.3. The fraction of sp³-hybridized carbons (Fsp3) is 0.855. The Morgan fingerprint density at radius 1 is 0.492 bits per heavy atom. The van der Waals surface area contributed by atoms with E-state index in [4.69, 9.17) is 4.74 Å². The first kappa shape index (κ1) is 59.1. The van der Waals surface area contributed by atoms with Gasteiger partial charge in [-0.15, -0.1) is 0 Å². The Hall–Kier alpha value is -1.92. The molecule has 3 unspecified atom stereocenters.